The minimum atomic E-state index is -0.536. The van der Waals surface area contributed by atoms with E-state index in [0.717, 1.165) is 6.07 Å². The maximum absolute atomic E-state index is 13.6. The first-order valence-electron chi connectivity index (χ1n) is 5.25. The van der Waals surface area contributed by atoms with Crippen LogP contribution in [0.25, 0.3) is 0 Å². The van der Waals surface area contributed by atoms with Crippen molar-refractivity contribution in [2.45, 2.75) is 6.42 Å². The summed E-state index contributed by atoms with van der Waals surface area (Å²) in [5, 5.41) is 0.752. The van der Waals surface area contributed by atoms with Crippen LogP contribution < -0.4 is 0 Å². The van der Waals surface area contributed by atoms with Gasteiger partial charge in [0.15, 0.2) is 5.78 Å². The van der Waals surface area contributed by atoms with Crippen LogP contribution in [0.15, 0.2) is 30.5 Å². The van der Waals surface area contributed by atoms with Gasteiger partial charge in [-0.15, -0.1) is 0 Å². The highest BCUT2D eigenvalue weighted by Gasteiger charge is 2.15. The molecule has 0 aliphatic carbocycles. The summed E-state index contributed by atoms with van der Waals surface area (Å²) in [6.45, 7) is 0. The summed E-state index contributed by atoms with van der Waals surface area (Å²) >= 11 is 17.2. The zero-order valence-electron chi connectivity index (χ0n) is 9.46. The summed E-state index contributed by atoms with van der Waals surface area (Å²) in [5.74, 6) is -0.922. The van der Waals surface area contributed by atoms with Crippen molar-refractivity contribution >= 4 is 40.6 Å². The average Bonchev–Trinajstić information content (AvgIpc) is 2.32. The Balaban J connectivity index is 2.25. The number of pyridine rings is 1. The van der Waals surface area contributed by atoms with Crippen LogP contribution in [0, 0.1) is 5.82 Å². The van der Waals surface area contributed by atoms with E-state index in [-0.39, 0.29) is 33.5 Å². The van der Waals surface area contributed by atoms with Crippen molar-refractivity contribution in [3.63, 3.8) is 0 Å². The molecule has 1 heterocycles. The number of hydrogen-bond donors (Lipinski definition) is 0. The molecule has 98 valence electrons. The van der Waals surface area contributed by atoms with E-state index in [2.05, 4.69) is 4.98 Å². The number of aromatic nitrogens is 1. The van der Waals surface area contributed by atoms with Gasteiger partial charge in [-0.2, -0.15) is 0 Å². The molecule has 0 atom stereocenters. The zero-order chi connectivity index (χ0) is 14.0. The van der Waals surface area contributed by atoms with E-state index in [0.29, 0.717) is 5.02 Å². The highest BCUT2D eigenvalue weighted by atomic mass is 35.5. The van der Waals surface area contributed by atoms with Gasteiger partial charge in [-0.05, 0) is 23.8 Å². The monoisotopic (exact) mass is 317 g/mol. The molecule has 1 aromatic heterocycles. The molecule has 0 amide bonds. The molecule has 0 saturated heterocycles. The molecule has 0 aliphatic rings. The van der Waals surface area contributed by atoms with E-state index >= 15 is 0 Å². The molecular weight excluding hydrogens is 312 g/mol. The van der Waals surface area contributed by atoms with E-state index in [1.165, 1.54) is 24.4 Å². The Morgan fingerprint density at radius 1 is 1.16 bits per heavy atom. The minimum Gasteiger partial charge on any atom is -0.292 e. The number of ketones is 1. The van der Waals surface area contributed by atoms with Crippen LogP contribution in [-0.2, 0) is 6.42 Å². The van der Waals surface area contributed by atoms with Crippen LogP contribution >= 0.6 is 34.8 Å². The number of nitrogens with zero attached hydrogens (tertiary/aromatic N) is 1. The van der Waals surface area contributed by atoms with Gasteiger partial charge in [0.05, 0.1) is 10.0 Å². The maximum Gasteiger partial charge on any atom is 0.187 e. The van der Waals surface area contributed by atoms with Gasteiger partial charge in [0.2, 0.25) is 0 Å². The second kappa shape index (κ2) is 5.87. The topological polar surface area (TPSA) is 30.0 Å². The molecule has 0 N–H and O–H groups in total. The van der Waals surface area contributed by atoms with Crippen molar-refractivity contribution in [1.29, 1.82) is 0 Å². The van der Waals surface area contributed by atoms with Crippen molar-refractivity contribution < 1.29 is 9.18 Å². The molecule has 2 aromatic rings. The number of carbonyl (C=O) groups is 1. The Labute approximate surface area is 124 Å². The van der Waals surface area contributed by atoms with Crippen LogP contribution in [-0.4, -0.2) is 10.8 Å². The summed E-state index contributed by atoms with van der Waals surface area (Å²) in [6.07, 6.45) is 1.18. The van der Waals surface area contributed by atoms with Gasteiger partial charge in [0.25, 0.3) is 0 Å². The first-order chi connectivity index (χ1) is 8.97. The summed E-state index contributed by atoms with van der Waals surface area (Å²) in [6, 6.07) is 5.55. The van der Waals surface area contributed by atoms with E-state index in [1.54, 1.807) is 0 Å². The largest absolute Gasteiger partial charge is 0.292 e. The van der Waals surface area contributed by atoms with Gasteiger partial charge >= 0.3 is 0 Å². The summed E-state index contributed by atoms with van der Waals surface area (Å²) in [7, 11) is 0. The number of Topliss-reactive ketones (excluding diaryl/α,β-unsaturated/α-hetero) is 1. The van der Waals surface area contributed by atoms with E-state index < -0.39 is 5.82 Å². The fourth-order valence-corrected chi connectivity index (χ4v) is 2.19. The molecule has 0 spiro atoms. The standard InChI is InChI=1S/C13H7Cl3FNO/c14-8-2-1-7(11(17)5-8)3-12(19)13-10(16)4-9(15)6-18-13/h1-2,4-6H,3H2. The van der Waals surface area contributed by atoms with E-state index in [9.17, 15) is 9.18 Å². The molecule has 0 aliphatic heterocycles. The lowest BCUT2D eigenvalue weighted by Gasteiger charge is -2.05. The van der Waals surface area contributed by atoms with Crippen molar-refractivity contribution in [2.75, 3.05) is 0 Å². The van der Waals surface area contributed by atoms with Gasteiger partial charge in [0, 0.05) is 17.6 Å². The van der Waals surface area contributed by atoms with Gasteiger partial charge < -0.3 is 0 Å². The molecular formula is C13H7Cl3FNO. The number of halogens is 4. The number of benzene rings is 1. The smallest absolute Gasteiger partial charge is 0.187 e. The first-order valence-corrected chi connectivity index (χ1v) is 6.39. The third-order valence-electron chi connectivity index (χ3n) is 2.44. The van der Waals surface area contributed by atoms with Crippen LogP contribution in [0.3, 0.4) is 0 Å². The van der Waals surface area contributed by atoms with Crippen molar-refractivity contribution in [3.8, 4) is 0 Å². The van der Waals surface area contributed by atoms with Crippen LogP contribution in [0.2, 0.25) is 15.1 Å². The van der Waals surface area contributed by atoms with E-state index in [1.807, 2.05) is 0 Å². The van der Waals surface area contributed by atoms with Gasteiger partial charge in [-0.3, -0.25) is 4.79 Å². The van der Waals surface area contributed by atoms with E-state index in [4.69, 9.17) is 34.8 Å². The lowest BCUT2D eigenvalue weighted by molar-refractivity contribution is 0.0987. The van der Waals surface area contributed by atoms with Crippen molar-refractivity contribution in [1.82, 2.24) is 4.98 Å². The van der Waals surface area contributed by atoms with Crippen molar-refractivity contribution in [3.05, 3.63) is 62.6 Å². The quantitative estimate of drug-likeness (QED) is 0.774. The normalized spacial score (nSPS) is 10.5. The third kappa shape index (κ3) is 3.44. The SMILES string of the molecule is O=C(Cc1ccc(Cl)cc1F)c1ncc(Cl)cc1Cl. The summed E-state index contributed by atoms with van der Waals surface area (Å²) < 4.78 is 13.6. The van der Waals surface area contributed by atoms with Gasteiger partial charge in [0.1, 0.15) is 11.5 Å². The lowest BCUT2D eigenvalue weighted by atomic mass is 10.1. The predicted molar refractivity (Wildman–Crippen MR) is 73.7 cm³/mol. The van der Waals surface area contributed by atoms with Crippen LogP contribution in [0.4, 0.5) is 4.39 Å². The minimum absolute atomic E-state index is 0.0698. The van der Waals surface area contributed by atoms with Gasteiger partial charge in [-0.1, -0.05) is 40.9 Å². The molecule has 0 fully saturated rings. The highest BCUT2D eigenvalue weighted by Crippen LogP contribution is 2.21. The first kappa shape index (κ1) is 14.3. The Morgan fingerprint density at radius 2 is 1.89 bits per heavy atom. The van der Waals surface area contributed by atoms with Crippen LogP contribution in [0.5, 0.6) is 0 Å². The fourth-order valence-electron chi connectivity index (χ4n) is 1.54. The molecule has 0 bridgehead atoms. The predicted octanol–water partition coefficient (Wildman–Crippen LogP) is 4.61. The Bertz CT molecular complexity index is 646. The molecule has 1 aromatic carbocycles. The summed E-state index contributed by atoms with van der Waals surface area (Å²) in [5.41, 5.74) is 0.308. The zero-order valence-corrected chi connectivity index (χ0v) is 11.7. The highest BCUT2D eigenvalue weighted by molar-refractivity contribution is 6.36. The number of rotatable bonds is 3. The Morgan fingerprint density at radius 3 is 2.53 bits per heavy atom. The van der Waals surface area contributed by atoms with Crippen LogP contribution in [0.1, 0.15) is 16.1 Å². The molecule has 19 heavy (non-hydrogen) atoms. The molecule has 0 radical (unpaired) electrons. The Hall–Kier alpha value is -1.16. The summed E-state index contributed by atoms with van der Waals surface area (Å²) in [4.78, 5) is 15.9. The Kier molecular flexibility index (Phi) is 4.40. The van der Waals surface area contributed by atoms with Gasteiger partial charge in [-0.25, -0.2) is 9.37 Å². The molecule has 0 saturated carbocycles. The maximum atomic E-state index is 13.6. The fraction of sp³-hybridized carbons (Fsp3) is 0.0769. The van der Waals surface area contributed by atoms with Crippen molar-refractivity contribution in [2.24, 2.45) is 0 Å². The molecule has 6 heteroatoms. The molecule has 2 nitrogen and oxygen atoms in total. The number of carbonyl (C=O) groups excluding carboxylic acids is 1. The second-order valence-electron chi connectivity index (χ2n) is 3.82. The molecule has 0 unspecified atom stereocenters. The second-order valence-corrected chi connectivity index (χ2v) is 5.10. The average molecular weight is 319 g/mol. The molecule has 2 rings (SSSR count). The number of hydrogen-bond acceptors (Lipinski definition) is 2. The third-order valence-corrected chi connectivity index (χ3v) is 3.17. The lowest BCUT2D eigenvalue weighted by Crippen LogP contribution is -2.08.